The minimum atomic E-state index is -0.718. The summed E-state index contributed by atoms with van der Waals surface area (Å²) in [6, 6.07) is 5.09. The van der Waals surface area contributed by atoms with E-state index in [0.29, 0.717) is 4.88 Å². The molecule has 0 spiro atoms. The summed E-state index contributed by atoms with van der Waals surface area (Å²) in [7, 11) is 0. The molecule has 0 radical (unpaired) electrons. The molecule has 0 saturated heterocycles. The van der Waals surface area contributed by atoms with Gasteiger partial charge in [-0.3, -0.25) is 4.79 Å². The van der Waals surface area contributed by atoms with Crippen LogP contribution < -0.4 is 5.43 Å². The Bertz CT molecular complexity index is 716. The van der Waals surface area contributed by atoms with Crippen LogP contribution in [0.15, 0.2) is 29.4 Å². The summed E-state index contributed by atoms with van der Waals surface area (Å²) in [4.78, 5) is 13.9. The quantitative estimate of drug-likeness (QED) is 0.680. The van der Waals surface area contributed by atoms with E-state index in [-0.39, 0.29) is 11.5 Å². The summed E-state index contributed by atoms with van der Waals surface area (Å²) in [6.45, 7) is 0. The predicted molar refractivity (Wildman–Crippen MR) is 82.4 cm³/mol. The lowest BCUT2D eigenvalue weighted by Crippen LogP contribution is -2.16. The van der Waals surface area contributed by atoms with E-state index in [4.69, 9.17) is 0 Å². The minimum Gasteiger partial charge on any atom is -0.266 e. The maximum atomic E-state index is 13.4. The molecule has 0 bridgehead atoms. The topological polar surface area (TPSA) is 41.5 Å². The summed E-state index contributed by atoms with van der Waals surface area (Å²) < 4.78 is 26.2. The summed E-state index contributed by atoms with van der Waals surface area (Å²) in [5.74, 6) is -1.68. The molecule has 1 aliphatic carbocycles. The smallest absolute Gasteiger partial charge is 0.266 e. The first-order valence-corrected chi connectivity index (χ1v) is 7.85. The Labute approximate surface area is 130 Å². The lowest BCUT2D eigenvalue weighted by atomic mass is 9.99. The summed E-state index contributed by atoms with van der Waals surface area (Å²) >= 11 is 1.49. The van der Waals surface area contributed by atoms with Gasteiger partial charge in [-0.05, 0) is 49.4 Å². The Morgan fingerprint density at radius 3 is 2.82 bits per heavy atom. The number of hydrogen-bond donors (Lipinski definition) is 1. The van der Waals surface area contributed by atoms with Crippen molar-refractivity contribution in [1.82, 2.24) is 5.43 Å². The van der Waals surface area contributed by atoms with Crippen molar-refractivity contribution in [3.8, 4) is 0 Å². The Balaban J connectivity index is 1.66. The van der Waals surface area contributed by atoms with Crippen LogP contribution in [0.5, 0.6) is 0 Å². The van der Waals surface area contributed by atoms with E-state index < -0.39 is 11.6 Å². The first-order valence-electron chi connectivity index (χ1n) is 7.03. The molecular weight excluding hydrogens is 306 g/mol. The molecule has 1 aromatic carbocycles. The Morgan fingerprint density at radius 2 is 2.05 bits per heavy atom. The van der Waals surface area contributed by atoms with Gasteiger partial charge in [0.1, 0.15) is 11.6 Å². The van der Waals surface area contributed by atoms with Crippen molar-refractivity contribution in [2.45, 2.75) is 25.7 Å². The molecule has 0 fully saturated rings. The van der Waals surface area contributed by atoms with Crippen molar-refractivity contribution in [3.63, 3.8) is 0 Å². The third kappa shape index (κ3) is 3.22. The van der Waals surface area contributed by atoms with E-state index in [1.165, 1.54) is 34.1 Å². The molecule has 22 heavy (non-hydrogen) atoms. The average Bonchev–Trinajstić information content (AvgIpc) is 2.93. The molecule has 0 saturated carbocycles. The molecule has 0 aliphatic heterocycles. The number of halogens is 2. The summed E-state index contributed by atoms with van der Waals surface area (Å²) in [6.07, 6.45) is 5.53. The van der Waals surface area contributed by atoms with Gasteiger partial charge in [-0.1, -0.05) is 0 Å². The van der Waals surface area contributed by atoms with Crippen molar-refractivity contribution < 1.29 is 13.6 Å². The van der Waals surface area contributed by atoms with Crippen LogP contribution in [0.3, 0.4) is 0 Å². The van der Waals surface area contributed by atoms with E-state index in [0.717, 1.165) is 37.8 Å². The zero-order valence-corrected chi connectivity index (χ0v) is 12.6. The van der Waals surface area contributed by atoms with Crippen LogP contribution in [-0.2, 0) is 12.8 Å². The van der Waals surface area contributed by atoms with Crippen LogP contribution in [-0.4, -0.2) is 12.1 Å². The molecule has 1 heterocycles. The molecule has 114 valence electrons. The van der Waals surface area contributed by atoms with Gasteiger partial charge in [0.2, 0.25) is 0 Å². The third-order valence-corrected chi connectivity index (χ3v) is 4.79. The second-order valence-corrected chi connectivity index (χ2v) is 6.27. The number of nitrogens with zero attached hydrogens (tertiary/aromatic N) is 1. The molecule has 1 aromatic heterocycles. The normalized spacial score (nSPS) is 14.1. The van der Waals surface area contributed by atoms with Gasteiger partial charge in [-0.15, -0.1) is 11.3 Å². The minimum absolute atomic E-state index is 0.118. The number of nitrogens with one attached hydrogen (secondary N) is 1. The zero-order chi connectivity index (χ0) is 15.5. The van der Waals surface area contributed by atoms with Gasteiger partial charge in [-0.2, -0.15) is 5.10 Å². The maximum absolute atomic E-state index is 13.4. The SMILES string of the molecule is O=C(NN=Cc1ccc(F)cc1F)c1cc2c(s1)CCCC2. The van der Waals surface area contributed by atoms with Crippen molar-refractivity contribution >= 4 is 23.5 Å². The molecule has 3 nitrogen and oxygen atoms in total. The van der Waals surface area contributed by atoms with Crippen molar-refractivity contribution in [2.75, 3.05) is 0 Å². The number of amides is 1. The zero-order valence-electron chi connectivity index (χ0n) is 11.7. The number of carbonyl (C=O) groups excluding carboxylic acids is 1. The number of fused-ring (bicyclic) bond motifs is 1. The van der Waals surface area contributed by atoms with Gasteiger partial charge in [0, 0.05) is 16.5 Å². The Hall–Kier alpha value is -2.08. The highest BCUT2D eigenvalue weighted by molar-refractivity contribution is 7.14. The largest absolute Gasteiger partial charge is 0.281 e. The predicted octanol–water partition coefficient (Wildman–Crippen LogP) is 3.67. The van der Waals surface area contributed by atoms with E-state index >= 15 is 0 Å². The molecule has 1 amide bonds. The van der Waals surface area contributed by atoms with Gasteiger partial charge in [-0.25, -0.2) is 14.2 Å². The van der Waals surface area contributed by atoms with E-state index in [9.17, 15) is 13.6 Å². The highest BCUT2D eigenvalue weighted by Gasteiger charge is 2.16. The monoisotopic (exact) mass is 320 g/mol. The van der Waals surface area contributed by atoms with E-state index in [1.807, 2.05) is 6.07 Å². The number of hydrazone groups is 1. The van der Waals surface area contributed by atoms with Crippen LogP contribution >= 0.6 is 11.3 Å². The molecule has 0 unspecified atom stereocenters. The Kier molecular flexibility index (Phi) is 4.29. The fraction of sp³-hybridized carbons (Fsp3) is 0.250. The highest BCUT2D eigenvalue weighted by atomic mass is 32.1. The molecule has 6 heteroatoms. The summed E-state index contributed by atoms with van der Waals surface area (Å²) in [5, 5.41) is 3.73. The highest BCUT2D eigenvalue weighted by Crippen LogP contribution is 2.29. The van der Waals surface area contributed by atoms with Gasteiger partial charge in [0.05, 0.1) is 11.1 Å². The van der Waals surface area contributed by atoms with Crippen molar-refractivity contribution in [1.29, 1.82) is 0 Å². The van der Waals surface area contributed by atoms with Gasteiger partial charge in [0.15, 0.2) is 0 Å². The molecule has 1 aliphatic rings. The van der Waals surface area contributed by atoms with Crippen LogP contribution in [0.25, 0.3) is 0 Å². The lowest BCUT2D eigenvalue weighted by molar-refractivity contribution is 0.0959. The van der Waals surface area contributed by atoms with Crippen LogP contribution in [0.4, 0.5) is 8.78 Å². The van der Waals surface area contributed by atoms with Crippen LogP contribution in [0.2, 0.25) is 0 Å². The molecule has 3 rings (SSSR count). The third-order valence-electron chi connectivity index (χ3n) is 3.55. The van der Waals surface area contributed by atoms with Crippen molar-refractivity contribution in [2.24, 2.45) is 5.10 Å². The van der Waals surface area contributed by atoms with Crippen molar-refractivity contribution in [3.05, 3.63) is 56.8 Å². The number of thiophene rings is 1. The van der Waals surface area contributed by atoms with Crippen LogP contribution in [0.1, 0.15) is 38.5 Å². The Morgan fingerprint density at radius 1 is 1.23 bits per heavy atom. The van der Waals surface area contributed by atoms with Gasteiger partial charge >= 0.3 is 0 Å². The average molecular weight is 320 g/mol. The number of hydrogen-bond acceptors (Lipinski definition) is 3. The molecular formula is C16H14F2N2OS. The van der Waals surface area contributed by atoms with Gasteiger partial charge in [0.25, 0.3) is 5.91 Å². The number of aryl methyl sites for hydroxylation is 2. The standard InChI is InChI=1S/C16H14F2N2OS/c17-12-6-5-11(13(18)8-12)9-19-20-16(21)15-7-10-3-1-2-4-14(10)22-15/h5-9H,1-4H2,(H,20,21). The first-order chi connectivity index (χ1) is 10.6. The fourth-order valence-corrected chi connectivity index (χ4v) is 3.57. The first kappa shape index (κ1) is 14.8. The number of rotatable bonds is 3. The van der Waals surface area contributed by atoms with E-state index in [2.05, 4.69) is 10.5 Å². The molecule has 2 aromatic rings. The molecule has 1 N–H and O–H groups in total. The number of carbonyl (C=O) groups is 1. The van der Waals surface area contributed by atoms with Crippen LogP contribution in [0, 0.1) is 11.6 Å². The summed E-state index contributed by atoms with van der Waals surface area (Å²) in [5.41, 5.74) is 3.74. The molecule has 0 atom stereocenters. The lowest BCUT2D eigenvalue weighted by Gasteiger charge is -2.08. The number of benzene rings is 1. The fourth-order valence-electron chi connectivity index (χ4n) is 2.42. The second kappa shape index (κ2) is 6.36. The second-order valence-electron chi connectivity index (χ2n) is 5.13. The maximum Gasteiger partial charge on any atom is 0.281 e. The van der Waals surface area contributed by atoms with E-state index in [1.54, 1.807) is 0 Å². The van der Waals surface area contributed by atoms with Gasteiger partial charge < -0.3 is 0 Å².